The maximum Gasteiger partial charge on any atom is 0.416 e. The van der Waals surface area contributed by atoms with Crippen LogP contribution in [-0.4, -0.2) is 6.26 Å². The van der Waals surface area contributed by atoms with Crippen LogP contribution in [0.3, 0.4) is 0 Å². The lowest BCUT2D eigenvalue weighted by Gasteiger charge is -2.09. The average molecular weight is 218 g/mol. The molecule has 0 spiro atoms. The summed E-state index contributed by atoms with van der Waals surface area (Å²) in [7, 11) is 0. The molecule has 0 aromatic heterocycles. The monoisotopic (exact) mass is 218 g/mol. The summed E-state index contributed by atoms with van der Waals surface area (Å²) in [5, 5.41) is 0. The maximum absolute atomic E-state index is 12.4. The van der Waals surface area contributed by atoms with E-state index in [9.17, 15) is 13.2 Å². The van der Waals surface area contributed by atoms with E-state index >= 15 is 0 Å². The Balaban J connectivity index is 3.24. The van der Waals surface area contributed by atoms with Crippen LogP contribution in [0.1, 0.15) is 11.1 Å². The minimum atomic E-state index is -4.29. The Kier molecular flexibility index (Phi) is 3.26. The van der Waals surface area contributed by atoms with E-state index in [1.165, 1.54) is 17.8 Å². The second kappa shape index (κ2) is 4.09. The van der Waals surface area contributed by atoms with Crippen molar-refractivity contribution in [2.75, 3.05) is 6.26 Å². The van der Waals surface area contributed by atoms with Gasteiger partial charge in [0.15, 0.2) is 0 Å². The molecule has 0 fully saturated rings. The second-order valence-electron chi connectivity index (χ2n) is 2.70. The van der Waals surface area contributed by atoms with E-state index in [0.29, 0.717) is 10.5 Å². The third-order valence-electron chi connectivity index (χ3n) is 1.73. The Hall–Kier alpha value is -0.900. The maximum atomic E-state index is 12.4. The fourth-order valence-corrected chi connectivity index (χ4v) is 1.52. The molecular formula is C10H9F3S. The average Bonchev–Trinajstić information content (AvgIpc) is 2.15. The van der Waals surface area contributed by atoms with Gasteiger partial charge in [-0.3, -0.25) is 0 Å². The van der Waals surface area contributed by atoms with Crippen LogP contribution in [0.5, 0.6) is 0 Å². The van der Waals surface area contributed by atoms with Gasteiger partial charge in [-0.05, 0) is 30.0 Å². The van der Waals surface area contributed by atoms with Gasteiger partial charge in [0.25, 0.3) is 0 Å². The number of thioether (sulfide) groups is 1. The highest BCUT2D eigenvalue weighted by molar-refractivity contribution is 7.98. The van der Waals surface area contributed by atoms with Gasteiger partial charge < -0.3 is 0 Å². The summed E-state index contributed by atoms with van der Waals surface area (Å²) < 4.78 is 37.1. The molecule has 0 N–H and O–H groups in total. The summed E-state index contributed by atoms with van der Waals surface area (Å²) in [4.78, 5) is 0.592. The van der Waals surface area contributed by atoms with E-state index in [1.54, 1.807) is 12.3 Å². The summed E-state index contributed by atoms with van der Waals surface area (Å²) in [5.41, 5.74) is -0.136. The van der Waals surface area contributed by atoms with Crippen LogP contribution in [0.25, 0.3) is 6.08 Å². The van der Waals surface area contributed by atoms with Crippen LogP contribution >= 0.6 is 11.8 Å². The van der Waals surface area contributed by atoms with Crippen LogP contribution in [0.4, 0.5) is 13.2 Å². The van der Waals surface area contributed by atoms with Crippen molar-refractivity contribution in [2.24, 2.45) is 0 Å². The Labute approximate surface area is 84.8 Å². The topological polar surface area (TPSA) is 0 Å². The van der Waals surface area contributed by atoms with Crippen molar-refractivity contribution in [2.45, 2.75) is 11.1 Å². The van der Waals surface area contributed by atoms with Crippen molar-refractivity contribution in [1.29, 1.82) is 0 Å². The third kappa shape index (κ3) is 2.54. The number of rotatable bonds is 2. The van der Waals surface area contributed by atoms with Crippen LogP contribution in [0.2, 0.25) is 0 Å². The quantitative estimate of drug-likeness (QED) is 0.674. The third-order valence-corrected chi connectivity index (χ3v) is 2.43. The van der Waals surface area contributed by atoms with Crippen LogP contribution in [-0.2, 0) is 6.18 Å². The standard InChI is InChI=1S/C10H9F3S/c1-3-7-4-8(10(11,12)13)6-9(5-7)14-2/h3-6H,1H2,2H3. The van der Waals surface area contributed by atoms with E-state index in [4.69, 9.17) is 0 Å². The summed E-state index contributed by atoms with van der Waals surface area (Å²) in [6.45, 7) is 3.45. The highest BCUT2D eigenvalue weighted by atomic mass is 32.2. The van der Waals surface area contributed by atoms with E-state index in [1.807, 2.05) is 0 Å². The van der Waals surface area contributed by atoms with Gasteiger partial charge in [0.05, 0.1) is 5.56 Å². The molecule has 76 valence electrons. The second-order valence-corrected chi connectivity index (χ2v) is 3.58. The molecule has 1 aromatic carbocycles. The van der Waals surface area contributed by atoms with Crippen molar-refractivity contribution < 1.29 is 13.2 Å². The molecule has 1 aromatic rings. The van der Waals surface area contributed by atoms with E-state index < -0.39 is 11.7 Å². The zero-order valence-corrected chi connectivity index (χ0v) is 8.38. The van der Waals surface area contributed by atoms with Crippen LogP contribution in [0.15, 0.2) is 29.7 Å². The lowest BCUT2D eigenvalue weighted by molar-refractivity contribution is -0.137. The zero-order valence-electron chi connectivity index (χ0n) is 7.56. The predicted octanol–water partition coefficient (Wildman–Crippen LogP) is 4.07. The molecule has 0 unspecified atom stereocenters. The van der Waals surface area contributed by atoms with Gasteiger partial charge in [0.2, 0.25) is 0 Å². The van der Waals surface area contributed by atoms with Gasteiger partial charge >= 0.3 is 6.18 Å². The first kappa shape index (κ1) is 11.2. The minimum Gasteiger partial charge on any atom is -0.166 e. The predicted molar refractivity (Wildman–Crippen MR) is 53.3 cm³/mol. The van der Waals surface area contributed by atoms with Crippen molar-refractivity contribution in [3.63, 3.8) is 0 Å². The largest absolute Gasteiger partial charge is 0.416 e. The SMILES string of the molecule is C=Cc1cc(SC)cc(C(F)(F)F)c1. The van der Waals surface area contributed by atoms with Gasteiger partial charge in [-0.25, -0.2) is 0 Å². The molecule has 4 heteroatoms. The van der Waals surface area contributed by atoms with Gasteiger partial charge in [0.1, 0.15) is 0 Å². The normalized spacial score (nSPS) is 11.4. The van der Waals surface area contributed by atoms with Gasteiger partial charge in [0, 0.05) is 4.90 Å². The molecule has 0 aliphatic heterocycles. The molecule has 0 bridgehead atoms. The fraction of sp³-hybridized carbons (Fsp3) is 0.200. The Morgan fingerprint density at radius 1 is 1.29 bits per heavy atom. The highest BCUT2D eigenvalue weighted by Crippen LogP contribution is 2.32. The first-order valence-corrected chi connectivity index (χ1v) is 5.08. The molecule has 0 amide bonds. The number of hydrogen-bond acceptors (Lipinski definition) is 1. The van der Waals surface area contributed by atoms with Crippen molar-refractivity contribution in [3.8, 4) is 0 Å². The molecule has 0 radical (unpaired) electrons. The molecule has 0 aliphatic rings. The number of halogens is 3. The minimum absolute atomic E-state index is 0.490. The first-order valence-electron chi connectivity index (χ1n) is 3.86. The number of benzene rings is 1. The molecule has 0 saturated heterocycles. The highest BCUT2D eigenvalue weighted by Gasteiger charge is 2.30. The van der Waals surface area contributed by atoms with Crippen molar-refractivity contribution >= 4 is 17.8 Å². The smallest absolute Gasteiger partial charge is 0.166 e. The summed E-state index contributed by atoms with van der Waals surface area (Å²) >= 11 is 1.28. The van der Waals surface area contributed by atoms with Crippen LogP contribution in [0, 0.1) is 0 Å². The molecule has 0 heterocycles. The van der Waals surface area contributed by atoms with Gasteiger partial charge in [-0.1, -0.05) is 12.7 Å². The van der Waals surface area contributed by atoms with Crippen molar-refractivity contribution in [3.05, 3.63) is 35.9 Å². The Bertz CT molecular complexity index is 342. The van der Waals surface area contributed by atoms with Gasteiger partial charge in [-0.15, -0.1) is 11.8 Å². The van der Waals surface area contributed by atoms with E-state index in [-0.39, 0.29) is 0 Å². The fourth-order valence-electron chi connectivity index (χ4n) is 1.02. The van der Waals surface area contributed by atoms with Crippen LogP contribution < -0.4 is 0 Å². The van der Waals surface area contributed by atoms with E-state index in [0.717, 1.165) is 12.1 Å². The Morgan fingerprint density at radius 3 is 2.36 bits per heavy atom. The number of hydrogen-bond donors (Lipinski definition) is 0. The molecule has 0 saturated carbocycles. The lowest BCUT2D eigenvalue weighted by Crippen LogP contribution is -2.05. The summed E-state index contributed by atoms with van der Waals surface area (Å²) in [6.07, 6.45) is -1.14. The Morgan fingerprint density at radius 2 is 1.93 bits per heavy atom. The molecule has 1 rings (SSSR count). The summed E-state index contributed by atoms with van der Waals surface area (Å²) in [6, 6.07) is 3.90. The molecular weight excluding hydrogens is 209 g/mol. The van der Waals surface area contributed by atoms with Gasteiger partial charge in [-0.2, -0.15) is 13.2 Å². The molecule has 0 atom stereocenters. The lowest BCUT2D eigenvalue weighted by atomic mass is 10.1. The molecule has 0 nitrogen and oxygen atoms in total. The van der Waals surface area contributed by atoms with Crippen molar-refractivity contribution in [1.82, 2.24) is 0 Å². The molecule has 14 heavy (non-hydrogen) atoms. The van der Waals surface area contributed by atoms with E-state index in [2.05, 4.69) is 6.58 Å². The molecule has 0 aliphatic carbocycles. The zero-order chi connectivity index (χ0) is 10.8. The summed E-state index contributed by atoms with van der Waals surface area (Å²) in [5.74, 6) is 0. The number of alkyl halides is 3. The first-order chi connectivity index (χ1) is 6.47.